The fourth-order valence-electron chi connectivity index (χ4n) is 2.81. The van der Waals surface area contributed by atoms with Crippen molar-refractivity contribution >= 4 is 28.7 Å². The van der Waals surface area contributed by atoms with Crippen LogP contribution in [0.4, 0.5) is 4.39 Å². The van der Waals surface area contributed by atoms with Gasteiger partial charge in [0.05, 0.1) is 29.4 Å². The minimum Gasteiger partial charge on any atom is -0.383 e. The summed E-state index contributed by atoms with van der Waals surface area (Å²) in [6, 6.07) is 13.8. The number of carbonyl (C=O) groups excluding carboxylic acids is 1. The van der Waals surface area contributed by atoms with E-state index in [1.54, 1.807) is 19.2 Å². The van der Waals surface area contributed by atoms with Crippen LogP contribution in [0.5, 0.6) is 0 Å². The number of para-hydroxylation sites is 2. The maximum Gasteiger partial charge on any atom is 0.230 e. The minimum atomic E-state index is -0.289. The Bertz CT molecular complexity index is 911. The number of benzene rings is 2. The molecule has 1 heterocycles. The van der Waals surface area contributed by atoms with Crippen molar-refractivity contribution in [2.24, 2.45) is 0 Å². The summed E-state index contributed by atoms with van der Waals surface area (Å²) in [6.45, 7) is 3.12. The Morgan fingerprint density at radius 3 is 2.74 bits per heavy atom. The van der Waals surface area contributed by atoms with Gasteiger partial charge in [0.1, 0.15) is 5.82 Å². The Morgan fingerprint density at radius 2 is 2.00 bits per heavy atom. The van der Waals surface area contributed by atoms with E-state index >= 15 is 0 Å². The normalized spacial score (nSPS) is 12.3. The summed E-state index contributed by atoms with van der Waals surface area (Å²) in [5.41, 5.74) is 2.79. The molecular weight excluding hydrogens is 365 g/mol. The lowest BCUT2D eigenvalue weighted by Crippen LogP contribution is -2.28. The fraction of sp³-hybridized carbons (Fsp3) is 0.300. The third-order valence-corrected chi connectivity index (χ3v) is 5.19. The fourth-order valence-corrected chi connectivity index (χ4v) is 3.66. The number of nitrogens with zero attached hydrogens (tertiary/aromatic N) is 2. The van der Waals surface area contributed by atoms with Crippen LogP contribution < -0.4 is 5.32 Å². The van der Waals surface area contributed by atoms with Gasteiger partial charge in [-0.05, 0) is 36.8 Å². The molecule has 1 amide bonds. The van der Waals surface area contributed by atoms with E-state index in [1.807, 2.05) is 31.2 Å². The number of methoxy groups -OCH3 is 1. The average Bonchev–Trinajstić information content (AvgIpc) is 3.02. The van der Waals surface area contributed by atoms with Gasteiger partial charge < -0.3 is 14.6 Å². The molecule has 0 aliphatic carbocycles. The molecule has 3 aromatic rings. The van der Waals surface area contributed by atoms with Gasteiger partial charge in [-0.1, -0.05) is 36.0 Å². The minimum absolute atomic E-state index is 0.0952. The Balaban J connectivity index is 1.65. The number of carbonyl (C=O) groups is 1. The highest BCUT2D eigenvalue weighted by atomic mass is 32.2. The van der Waals surface area contributed by atoms with E-state index in [0.717, 1.165) is 21.8 Å². The van der Waals surface area contributed by atoms with E-state index in [9.17, 15) is 9.18 Å². The number of ether oxygens (including phenoxy) is 1. The topological polar surface area (TPSA) is 56.1 Å². The number of fused-ring (bicyclic) bond motifs is 1. The summed E-state index contributed by atoms with van der Waals surface area (Å²) in [5, 5.41) is 3.73. The van der Waals surface area contributed by atoms with Gasteiger partial charge in [-0.15, -0.1) is 0 Å². The van der Waals surface area contributed by atoms with Crippen molar-refractivity contribution in [3.05, 3.63) is 59.9 Å². The number of rotatable bonds is 8. The second kappa shape index (κ2) is 9.01. The van der Waals surface area contributed by atoms with Crippen LogP contribution in [0, 0.1) is 5.82 Å². The molecule has 7 heteroatoms. The standard InChI is InChI=1S/C20H22FN3O2S/c1-14(15-7-9-16(21)10-8-15)22-19(25)13-27-20-23-17-5-3-4-6-18(17)24(20)11-12-26-2/h3-10,14H,11-13H2,1-2H3,(H,22,25)/t14-/m0/s1. The number of halogens is 1. The van der Waals surface area contributed by atoms with Crippen LogP contribution in [0.25, 0.3) is 11.0 Å². The second-order valence-corrected chi connectivity index (χ2v) is 7.10. The average molecular weight is 387 g/mol. The zero-order chi connectivity index (χ0) is 19.2. The maximum absolute atomic E-state index is 13.0. The molecule has 0 saturated carbocycles. The number of amides is 1. The molecule has 5 nitrogen and oxygen atoms in total. The lowest BCUT2D eigenvalue weighted by molar-refractivity contribution is -0.119. The first-order valence-corrected chi connectivity index (χ1v) is 9.69. The largest absolute Gasteiger partial charge is 0.383 e. The van der Waals surface area contributed by atoms with Gasteiger partial charge in [0.25, 0.3) is 0 Å². The number of thioether (sulfide) groups is 1. The predicted octanol–water partition coefficient (Wildman–Crippen LogP) is 3.79. The van der Waals surface area contributed by atoms with Crippen molar-refractivity contribution in [2.75, 3.05) is 19.5 Å². The first-order valence-electron chi connectivity index (χ1n) is 8.70. The zero-order valence-corrected chi connectivity index (χ0v) is 16.1. The molecule has 142 valence electrons. The molecule has 0 aliphatic heterocycles. The molecular formula is C20H22FN3O2S. The monoisotopic (exact) mass is 387 g/mol. The summed E-state index contributed by atoms with van der Waals surface area (Å²) >= 11 is 1.40. The smallest absolute Gasteiger partial charge is 0.230 e. The lowest BCUT2D eigenvalue weighted by Gasteiger charge is -2.14. The third kappa shape index (κ3) is 4.87. The molecule has 0 spiro atoms. The van der Waals surface area contributed by atoms with Crippen LogP contribution in [0.2, 0.25) is 0 Å². The summed E-state index contributed by atoms with van der Waals surface area (Å²) < 4.78 is 20.3. The molecule has 27 heavy (non-hydrogen) atoms. The molecule has 1 atom stereocenters. The van der Waals surface area contributed by atoms with Crippen molar-refractivity contribution in [3.63, 3.8) is 0 Å². The quantitative estimate of drug-likeness (QED) is 0.598. The van der Waals surface area contributed by atoms with Crippen LogP contribution in [0.15, 0.2) is 53.7 Å². The Hall–Kier alpha value is -2.38. The number of hydrogen-bond donors (Lipinski definition) is 1. The van der Waals surface area contributed by atoms with Crippen LogP contribution in [0.1, 0.15) is 18.5 Å². The predicted molar refractivity (Wildman–Crippen MR) is 105 cm³/mol. The van der Waals surface area contributed by atoms with E-state index in [1.165, 1.54) is 23.9 Å². The highest BCUT2D eigenvalue weighted by Crippen LogP contribution is 2.24. The third-order valence-electron chi connectivity index (χ3n) is 4.22. The SMILES string of the molecule is COCCn1c(SCC(=O)N[C@@H](C)c2ccc(F)cc2)nc2ccccc21. The van der Waals surface area contributed by atoms with E-state index in [4.69, 9.17) is 4.74 Å². The molecule has 2 aromatic carbocycles. The van der Waals surface area contributed by atoms with Crippen LogP contribution >= 0.6 is 11.8 Å². The molecule has 0 fully saturated rings. The van der Waals surface area contributed by atoms with Gasteiger partial charge in [0, 0.05) is 13.7 Å². The first-order chi connectivity index (χ1) is 13.1. The van der Waals surface area contributed by atoms with Crippen LogP contribution in [-0.2, 0) is 16.1 Å². The zero-order valence-electron chi connectivity index (χ0n) is 15.3. The summed E-state index contributed by atoms with van der Waals surface area (Å²) in [6.07, 6.45) is 0. The second-order valence-electron chi connectivity index (χ2n) is 6.16. The lowest BCUT2D eigenvalue weighted by atomic mass is 10.1. The molecule has 3 rings (SSSR count). The Morgan fingerprint density at radius 1 is 1.26 bits per heavy atom. The van der Waals surface area contributed by atoms with Crippen molar-refractivity contribution in [1.29, 1.82) is 0 Å². The first kappa shape index (κ1) is 19.4. The van der Waals surface area contributed by atoms with Gasteiger partial charge >= 0.3 is 0 Å². The van der Waals surface area contributed by atoms with E-state index in [-0.39, 0.29) is 23.5 Å². The number of nitrogens with one attached hydrogen (secondary N) is 1. The maximum atomic E-state index is 13.0. The number of aromatic nitrogens is 2. The molecule has 1 N–H and O–H groups in total. The van der Waals surface area contributed by atoms with E-state index in [2.05, 4.69) is 14.9 Å². The van der Waals surface area contributed by atoms with Crippen molar-refractivity contribution in [1.82, 2.24) is 14.9 Å². The molecule has 0 saturated heterocycles. The molecule has 1 aromatic heterocycles. The highest BCUT2D eigenvalue weighted by Gasteiger charge is 2.14. The summed E-state index contributed by atoms with van der Waals surface area (Å²) in [4.78, 5) is 17.0. The summed E-state index contributed by atoms with van der Waals surface area (Å²) in [7, 11) is 1.66. The van der Waals surface area contributed by atoms with Gasteiger partial charge in [-0.3, -0.25) is 4.79 Å². The van der Waals surface area contributed by atoms with E-state index < -0.39 is 0 Å². The highest BCUT2D eigenvalue weighted by molar-refractivity contribution is 7.99. The van der Waals surface area contributed by atoms with Gasteiger partial charge in [0.15, 0.2) is 5.16 Å². The molecule has 0 aliphatic rings. The molecule has 0 unspecified atom stereocenters. The van der Waals surface area contributed by atoms with Crippen molar-refractivity contribution in [2.45, 2.75) is 24.7 Å². The summed E-state index contributed by atoms with van der Waals surface area (Å²) in [5.74, 6) is -0.132. The number of imidazole rings is 1. The van der Waals surface area contributed by atoms with Crippen molar-refractivity contribution < 1.29 is 13.9 Å². The van der Waals surface area contributed by atoms with Gasteiger partial charge in [-0.2, -0.15) is 0 Å². The van der Waals surface area contributed by atoms with Gasteiger partial charge in [-0.25, -0.2) is 9.37 Å². The molecule has 0 radical (unpaired) electrons. The Labute approximate surface area is 161 Å². The van der Waals surface area contributed by atoms with Crippen LogP contribution in [-0.4, -0.2) is 34.9 Å². The van der Waals surface area contributed by atoms with Crippen molar-refractivity contribution in [3.8, 4) is 0 Å². The number of hydrogen-bond acceptors (Lipinski definition) is 4. The van der Waals surface area contributed by atoms with E-state index in [0.29, 0.717) is 13.2 Å². The van der Waals surface area contributed by atoms with Crippen LogP contribution in [0.3, 0.4) is 0 Å². The molecule has 0 bridgehead atoms. The van der Waals surface area contributed by atoms with Gasteiger partial charge in [0.2, 0.25) is 5.91 Å². The Kier molecular flexibility index (Phi) is 6.47.